The second-order valence-corrected chi connectivity index (χ2v) is 7.78. The van der Waals surface area contributed by atoms with E-state index in [2.05, 4.69) is 11.9 Å². The van der Waals surface area contributed by atoms with Crippen LogP contribution in [0.4, 0.5) is 0 Å². The first kappa shape index (κ1) is 17.0. The van der Waals surface area contributed by atoms with E-state index in [1.807, 2.05) is 0 Å². The second kappa shape index (κ2) is 6.72. The topological polar surface area (TPSA) is 74.3 Å². The highest BCUT2D eigenvalue weighted by Gasteiger charge is 2.23. The van der Waals surface area contributed by atoms with E-state index >= 15 is 0 Å². The summed E-state index contributed by atoms with van der Waals surface area (Å²) in [6.07, 6.45) is 4.62. The van der Waals surface area contributed by atoms with Gasteiger partial charge in [0.15, 0.2) is 0 Å². The molecular formula is C19H20N2O4S. The van der Waals surface area contributed by atoms with Gasteiger partial charge in [-0.15, -0.1) is 11.3 Å². The molecule has 0 spiro atoms. The Hall–Kier alpha value is -2.41. The van der Waals surface area contributed by atoms with Crippen LogP contribution in [0.3, 0.4) is 0 Å². The van der Waals surface area contributed by atoms with E-state index in [-0.39, 0.29) is 24.5 Å². The lowest BCUT2D eigenvalue weighted by Crippen LogP contribution is -2.22. The van der Waals surface area contributed by atoms with Crippen molar-refractivity contribution in [1.29, 1.82) is 0 Å². The average molecular weight is 372 g/mol. The number of carbonyl (C=O) groups excluding carboxylic acids is 1. The van der Waals surface area contributed by atoms with E-state index in [0.717, 1.165) is 29.5 Å². The number of rotatable bonds is 4. The predicted molar refractivity (Wildman–Crippen MR) is 98.8 cm³/mol. The molecule has 136 valence electrons. The molecule has 0 aliphatic heterocycles. The molecular weight excluding hydrogens is 352 g/mol. The Kier molecular flexibility index (Phi) is 4.40. The maximum absolute atomic E-state index is 13.0. The van der Waals surface area contributed by atoms with E-state index < -0.39 is 5.97 Å². The van der Waals surface area contributed by atoms with Crippen molar-refractivity contribution < 1.29 is 13.9 Å². The molecule has 3 aromatic heterocycles. The number of hydrogen-bond donors (Lipinski definition) is 0. The van der Waals surface area contributed by atoms with E-state index in [0.29, 0.717) is 11.7 Å². The fourth-order valence-corrected chi connectivity index (χ4v) is 4.76. The first-order valence-electron chi connectivity index (χ1n) is 8.82. The van der Waals surface area contributed by atoms with E-state index in [1.54, 1.807) is 41.3 Å². The molecule has 3 aromatic rings. The summed E-state index contributed by atoms with van der Waals surface area (Å²) in [6.45, 7) is 4.51. The van der Waals surface area contributed by atoms with E-state index in [4.69, 9.17) is 9.15 Å². The first-order valence-corrected chi connectivity index (χ1v) is 9.64. The standard InChI is InChI=1S/C19H20N2O4S/c1-3-24-19(23)14-7-5-12(25-14)9-21-10-20-17-16(18(21)22)13-6-4-11(2)8-15(13)26-17/h5,7,10-11H,3-4,6,8-9H2,1-2H3. The van der Waals surface area contributed by atoms with Crippen LogP contribution < -0.4 is 5.56 Å². The third-order valence-corrected chi connectivity index (χ3v) is 5.91. The number of fused-ring (bicyclic) bond motifs is 3. The zero-order chi connectivity index (χ0) is 18.3. The molecule has 0 N–H and O–H groups in total. The minimum absolute atomic E-state index is 0.0452. The van der Waals surface area contributed by atoms with Gasteiger partial charge in [0.25, 0.3) is 5.56 Å². The zero-order valence-corrected chi connectivity index (χ0v) is 15.6. The van der Waals surface area contributed by atoms with Gasteiger partial charge >= 0.3 is 5.97 Å². The van der Waals surface area contributed by atoms with Crippen LogP contribution in [0, 0.1) is 5.92 Å². The van der Waals surface area contributed by atoms with Gasteiger partial charge in [-0.3, -0.25) is 9.36 Å². The van der Waals surface area contributed by atoms with Crippen molar-refractivity contribution in [1.82, 2.24) is 9.55 Å². The van der Waals surface area contributed by atoms with Crippen molar-refractivity contribution in [2.24, 2.45) is 5.92 Å². The van der Waals surface area contributed by atoms with Gasteiger partial charge in [0.2, 0.25) is 5.76 Å². The Morgan fingerprint density at radius 3 is 3.12 bits per heavy atom. The molecule has 0 fully saturated rings. The number of thiophene rings is 1. The summed E-state index contributed by atoms with van der Waals surface area (Å²) in [4.78, 5) is 31.3. The summed E-state index contributed by atoms with van der Waals surface area (Å²) in [7, 11) is 0. The molecule has 0 bridgehead atoms. The Morgan fingerprint density at radius 2 is 2.31 bits per heavy atom. The van der Waals surface area contributed by atoms with Crippen molar-refractivity contribution >= 4 is 27.5 Å². The van der Waals surface area contributed by atoms with Crippen molar-refractivity contribution in [2.75, 3.05) is 6.61 Å². The first-order chi connectivity index (χ1) is 12.6. The highest BCUT2D eigenvalue weighted by Crippen LogP contribution is 2.35. The van der Waals surface area contributed by atoms with Crippen LogP contribution in [0.15, 0.2) is 27.7 Å². The molecule has 1 unspecified atom stereocenters. The molecule has 0 radical (unpaired) electrons. The largest absolute Gasteiger partial charge is 0.460 e. The molecule has 1 atom stereocenters. The summed E-state index contributed by atoms with van der Waals surface area (Å²) in [5.41, 5.74) is 1.12. The number of aromatic nitrogens is 2. The Bertz CT molecular complexity index is 1030. The van der Waals surface area contributed by atoms with Gasteiger partial charge in [0, 0.05) is 4.88 Å². The number of ether oxygens (including phenoxy) is 1. The van der Waals surface area contributed by atoms with Gasteiger partial charge in [-0.2, -0.15) is 0 Å². The molecule has 1 aliphatic carbocycles. The quantitative estimate of drug-likeness (QED) is 0.656. The van der Waals surface area contributed by atoms with Gasteiger partial charge < -0.3 is 9.15 Å². The van der Waals surface area contributed by atoms with E-state index in [1.165, 1.54) is 10.4 Å². The van der Waals surface area contributed by atoms with Crippen molar-refractivity contribution in [2.45, 2.75) is 39.7 Å². The molecule has 0 aromatic carbocycles. The summed E-state index contributed by atoms with van der Waals surface area (Å²) in [5.74, 6) is 0.822. The summed E-state index contributed by atoms with van der Waals surface area (Å²) in [6, 6.07) is 3.26. The molecule has 1 aliphatic rings. The van der Waals surface area contributed by atoms with Gasteiger partial charge in [-0.05, 0) is 49.8 Å². The molecule has 0 saturated heterocycles. The molecule has 7 heteroatoms. The predicted octanol–water partition coefficient (Wildman–Crippen LogP) is 3.40. The highest BCUT2D eigenvalue weighted by atomic mass is 32.1. The number of esters is 1. The van der Waals surface area contributed by atoms with Gasteiger partial charge in [0.05, 0.1) is 24.9 Å². The van der Waals surface area contributed by atoms with E-state index in [9.17, 15) is 9.59 Å². The number of hydrogen-bond acceptors (Lipinski definition) is 6. The maximum Gasteiger partial charge on any atom is 0.374 e. The van der Waals surface area contributed by atoms with Crippen LogP contribution in [0.1, 0.15) is 47.0 Å². The number of carbonyl (C=O) groups is 1. The molecule has 0 saturated carbocycles. The third-order valence-electron chi connectivity index (χ3n) is 4.75. The SMILES string of the molecule is CCOC(=O)c1ccc(Cn2cnc3sc4c(c3c2=O)CCC(C)C4)o1. The molecule has 3 heterocycles. The van der Waals surface area contributed by atoms with Gasteiger partial charge in [0.1, 0.15) is 10.6 Å². The summed E-state index contributed by atoms with van der Waals surface area (Å²) < 4.78 is 12.0. The van der Waals surface area contributed by atoms with Gasteiger partial charge in [-0.1, -0.05) is 6.92 Å². The number of furan rings is 1. The van der Waals surface area contributed by atoms with Crippen LogP contribution in [0.2, 0.25) is 0 Å². The summed E-state index contributed by atoms with van der Waals surface area (Å²) >= 11 is 1.64. The number of nitrogens with zero attached hydrogens (tertiary/aromatic N) is 2. The van der Waals surface area contributed by atoms with Crippen molar-refractivity contribution in [3.63, 3.8) is 0 Å². The normalized spacial score (nSPS) is 16.6. The monoisotopic (exact) mass is 372 g/mol. The Balaban J connectivity index is 1.67. The number of aryl methyl sites for hydroxylation is 1. The van der Waals surface area contributed by atoms with Gasteiger partial charge in [-0.25, -0.2) is 9.78 Å². The van der Waals surface area contributed by atoms with Crippen LogP contribution in [0.5, 0.6) is 0 Å². The van der Waals surface area contributed by atoms with Crippen LogP contribution in [-0.2, 0) is 24.1 Å². The third kappa shape index (κ3) is 2.96. The lowest BCUT2D eigenvalue weighted by molar-refractivity contribution is 0.0488. The maximum atomic E-state index is 13.0. The highest BCUT2D eigenvalue weighted by molar-refractivity contribution is 7.18. The summed E-state index contributed by atoms with van der Waals surface area (Å²) in [5, 5.41) is 0.747. The zero-order valence-electron chi connectivity index (χ0n) is 14.8. The van der Waals surface area contributed by atoms with Crippen molar-refractivity contribution in [3.8, 4) is 0 Å². The molecule has 26 heavy (non-hydrogen) atoms. The average Bonchev–Trinajstić information content (AvgIpc) is 3.22. The molecule has 6 nitrogen and oxygen atoms in total. The Labute approximate surface area is 154 Å². The fraction of sp³-hybridized carbons (Fsp3) is 0.421. The Morgan fingerprint density at radius 1 is 1.46 bits per heavy atom. The smallest absolute Gasteiger partial charge is 0.374 e. The lowest BCUT2D eigenvalue weighted by Gasteiger charge is -2.17. The molecule has 4 rings (SSSR count). The second-order valence-electron chi connectivity index (χ2n) is 6.70. The minimum Gasteiger partial charge on any atom is -0.460 e. The minimum atomic E-state index is -0.499. The van der Waals surface area contributed by atoms with Crippen LogP contribution in [0.25, 0.3) is 10.2 Å². The van der Waals surface area contributed by atoms with Crippen LogP contribution >= 0.6 is 11.3 Å². The molecule has 0 amide bonds. The van der Waals surface area contributed by atoms with Crippen molar-refractivity contribution in [3.05, 3.63) is 50.8 Å². The van der Waals surface area contributed by atoms with Crippen LogP contribution in [-0.4, -0.2) is 22.1 Å². The lowest BCUT2D eigenvalue weighted by atomic mass is 9.89. The fourth-order valence-electron chi connectivity index (χ4n) is 3.42.